The predicted molar refractivity (Wildman–Crippen MR) is 77.1 cm³/mol. The Bertz CT molecular complexity index is 695. The molecule has 0 unspecified atom stereocenters. The van der Waals surface area contributed by atoms with Crippen LogP contribution in [0.1, 0.15) is 25.0 Å². The van der Waals surface area contributed by atoms with E-state index in [0.717, 1.165) is 36.3 Å². The number of rotatable bonds is 3. The first-order chi connectivity index (χ1) is 9.65. The number of H-pyrrole nitrogens is 1. The number of carbonyl (C=O) groups excluding carboxylic acids is 1. The Labute approximate surface area is 116 Å². The number of benzene rings is 1. The van der Waals surface area contributed by atoms with Crippen LogP contribution in [0.5, 0.6) is 0 Å². The summed E-state index contributed by atoms with van der Waals surface area (Å²) < 4.78 is 1.58. The van der Waals surface area contributed by atoms with Crippen molar-refractivity contribution < 1.29 is 4.79 Å². The smallest absolute Gasteiger partial charge is 0.326 e. The Morgan fingerprint density at radius 2 is 2.20 bits per heavy atom. The van der Waals surface area contributed by atoms with E-state index in [2.05, 4.69) is 10.3 Å². The van der Waals surface area contributed by atoms with Gasteiger partial charge in [0.15, 0.2) is 0 Å². The molecule has 5 heteroatoms. The number of anilines is 1. The van der Waals surface area contributed by atoms with Crippen molar-refractivity contribution in [1.82, 2.24) is 9.55 Å². The first-order valence-corrected chi connectivity index (χ1v) is 6.83. The number of imidazole rings is 1. The summed E-state index contributed by atoms with van der Waals surface area (Å²) in [6, 6.07) is 7.34. The van der Waals surface area contributed by atoms with E-state index in [4.69, 9.17) is 0 Å². The molecule has 1 saturated carbocycles. The Hall–Kier alpha value is -2.30. The van der Waals surface area contributed by atoms with Crippen molar-refractivity contribution in [3.63, 3.8) is 0 Å². The summed E-state index contributed by atoms with van der Waals surface area (Å²) in [5.74, 6) is 0.224. The van der Waals surface area contributed by atoms with Gasteiger partial charge in [-0.25, -0.2) is 4.79 Å². The molecule has 5 nitrogen and oxygen atoms in total. The van der Waals surface area contributed by atoms with Gasteiger partial charge in [0.1, 0.15) is 0 Å². The highest BCUT2D eigenvalue weighted by Crippen LogP contribution is 2.27. The van der Waals surface area contributed by atoms with Crippen LogP contribution in [0.4, 0.5) is 5.69 Å². The number of aromatic amines is 1. The lowest BCUT2D eigenvalue weighted by Gasteiger charge is -2.24. The Morgan fingerprint density at radius 1 is 1.40 bits per heavy atom. The summed E-state index contributed by atoms with van der Waals surface area (Å²) in [6.07, 6.45) is 4.75. The number of carbonyl (C=O) groups is 1. The molecule has 1 aromatic heterocycles. The molecule has 0 atom stereocenters. The minimum Gasteiger partial charge on any atom is -0.326 e. The van der Waals surface area contributed by atoms with E-state index < -0.39 is 0 Å². The summed E-state index contributed by atoms with van der Waals surface area (Å²) in [5.41, 5.74) is 2.13. The lowest BCUT2D eigenvalue weighted by molar-refractivity contribution is -0.122. The highest BCUT2D eigenvalue weighted by atomic mass is 16.2. The molecule has 0 radical (unpaired) electrons. The minimum atomic E-state index is -0.176. The van der Waals surface area contributed by atoms with Crippen LogP contribution < -0.4 is 11.0 Å². The van der Waals surface area contributed by atoms with Gasteiger partial charge in [-0.3, -0.25) is 9.36 Å². The maximum absolute atomic E-state index is 11.9. The molecule has 1 aromatic carbocycles. The van der Waals surface area contributed by atoms with E-state index in [1.165, 1.54) is 0 Å². The van der Waals surface area contributed by atoms with E-state index >= 15 is 0 Å². The van der Waals surface area contributed by atoms with E-state index in [1.54, 1.807) is 10.8 Å². The third kappa shape index (κ3) is 2.27. The van der Waals surface area contributed by atoms with Crippen molar-refractivity contribution in [2.24, 2.45) is 5.92 Å². The number of aromatic nitrogens is 2. The summed E-state index contributed by atoms with van der Waals surface area (Å²) in [6.45, 7) is 1.86. The lowest BCUT2D eigenvalue weighted by atomic mass is 9.85. The topological polar surface area (TPSA) is 66.9 Å². The van der Waals surface area contributed by atoms with Crippen molar-refractivity contribution in [3.05, 3.63) is 46.6 Å². The molecule has 2 N–H and O–H groups in total. The van der Waals surface area contributed by atoms with Gasteiger partial charge >= 0.3 is 5.69 Å². The molecule has 104 valence electrons. The van der Waals surface area contributed by atoms with Crippen LogP contribution in [0.15, 0.2) is 35.3 Å². The van der Waals surface area contributed by atoms with Gasteiger partial charge in [0.25, 0.3) is 0 Å². The Balaban J connectivity index is 1.86. The first-order valence-electron chi connectivity index (χ1n) is 6.83. The second-order valence-electron chi connectivity index (χ2n) is 5.24. The van der Waals surface area contributed by atoms with E-state index in [0.29, 0.717) is 0 Å². The first kappa shape index (κ1) is 12.7. The maximum atomic E-state index is 11.9. The summed E-state index contributed by atoms with van der Waals surface area (Å²) >= 11 is 0. The average molecular weight is 271 g/mol. The molecule has 0 aliphatic heterocycles. The maximum Gasteiger partial charge on any atom is 0.330 e. The standard InChI is InChI=1S/C15H17N3O2/c1-10-9-16-15(20)18(10)13-7-3-6-12(8-13)17-14(19)11-4-2-5-11/h3,6-9,11H,2,4-5H2,1H3,(H,16,20)(H,17,19). The molecule has 0 bridgehead atoms. The molecule has 1 aliphatic rings. The SMILES string of the molecule is Cc1c[nH]c(=O)n1-c1cccc(NC(=O)C2CCC2)c1. The molecule has 1 aliphatic carbocycles. The average Bonchev–Trinajstić information content (AvgIpc) is 2.67. The van der Waals surface area contributed by atoms with Gasteiger partial charge in [-0.05, 0) is 38.0 Å². The fraction of sp³-hybridized carbons (Fsp3) is 0.333. The summed E-state index contributed by atoms with van der Waals surface area (Å²) in [5, 5.41) is 2.92. The molecule has 0 spiro atoms. The van der Waals surface area contributed by atoms with Crippen LogP contribution in [-0.2, 0) is 4.79 Å². The largest absolute Gasteiger partial charge is 0.330 e. The third-order valence-electron chi connectivity index (χ3n) is 3.81. The quantitative estimate of drug-likeness (QED) is 0.898. The van der Waals surface area contributed by atoms with Gasteiger partial charge in [0.2, 0.25) is 5.91 Å². The summed E-state index contributed by atoms with van der Waals surface area (Å²) in [7, 11) is 0. The Kier molecular flexibility index (Phi) is 3.18. The van der Waals surface area contributed by atoms with Gasteiger partial charge < -0.3 is 10.3 Å². The van der Waals surface area contributed by atoms with Crippen LogP contribution in [0.2, 0.25) is 0 Å². The van der Waals surface area contributed by atoms with Crippen LogP contribution in [0, 0.1) is 12.8 Å². The minimum absolute atomic E-state index is 0.0755. The molecule has 20 heavy (non-hydrogen) atoms. The number of nitrogens with one attached hydrogen (secondary N) is 2. The van der Waals surface area contributed by atoms with Crippen molar-refractivity contribution in [2.75, 3.05) is 5.32 Å². The predicted octanol–water partition coefficient (Wildman–Crippen LogP) is 2.21. The number of amides is 1. The van der Waals surface area contributed by atoms with Crippen molar-refractivity contribution in [2.45, 2.75) is 26.2 Å². The molecule has 1 amide bonds. The normalized spacial score (nSPS) is 14.8. The van der Waals surface area contributed by atoms with Crippen LogP contribution in [0.3, 0.4) is 0 Å². The molecular weight excluding hydrogens is 254 g/mol. The van der Waals surface area contributed by atoms with Crippen LogP contribution in [-0.4, -0.2) is 15.5 Å². The van der Waals surface area contributed by atoms with Crippen LogP contribution >= 0.6 is 0 Å². The molecular formula is C15H17N3O2. The second kappa shape index (κ2) is 5.00. The zero-order chi connectivity index (χ0) is 14.1. The van der Waals surface area contributed by atoms with E-state index in [1.807, 2.05) is 31.2 Å². The monoisotopic (exact) mass is 271 g/mol. The van der Waals surface area contributed by atoms with Gasteiger partial charge in [-0.1, -0.05) is 12.5 Å². The number of aryl methyl sites for hydroxylation is 1. The fourth-order valence-corrected chi connectivity index (χ4v) is 2.41. The Morgan fingerprint density at radius 3 is 2.80 bits per heavy atom. The van der Waals surface area contributed by atoms with Crippen molar-refractivity contribution >= 4 is 11.6 Å². The zero-order valence-electron chi connectivity index (χ0n) is 11.3. The van der Waals surface area contributed by atoms with Crippen molar-refractivity contribution in [1.29, 1.82) is 0 Å². The van der Waals surface area contributed by atoms with Gasteiger partial charge in [0.05, 0.1) is 5.69 Å². The van der Waals surface area contributed by atoms with Gasteiger partial charge in [-0.15, -0.1) is 0 Å². The molecule has 2 aromatic rings. The van der Waals surface area contributed by atoms with Crippen molar-refractivity contribution in [3.8, 4) is 5.69 Å². The van der Waals surface area contributed by atoms with E-state index in [9.17, 15) is 9.59 Å². The lowest BCUT2D eigenvalue weighted by Crippen LogP contribution is -2.28. The third-order valence-corrected chi connectivity index (χ3v) is 3.81. The molecule has 1 heterocycles. The fourth-order valence-electron chi connectivity index (χ4n) is 2.41. The number of nitrogens with zero attached hydrogens (tertiary/aromatic N) is 1. The highest BCUT2D eigenvalue weighted by molar-refractivity contribution is 5.93. The van der Waals surface area contributed by atoms with E-state index in [-0.39, 0.29) is 17.5 Å². The van der Waals surface area contributed by atoms with Gasteiger partial charge in [-0.2, -0.15) is 0 Å². The highest BCUT2D eigenvalue weighted by Gasteiger charge is 2.25. The van der Waals surface area contributed by atoms with Crippen LogP contribution in [0.25, 0.3) is 5.69 Å². The number of hydrogen-bond acceptors (Lipinski definition) is 2. The molecule has 3 rings (SSSR count). The molecule has 1 fully saturated rings. The zero-order valence-corrected chi connectivity index (χ0v) is 11.3. The number of hydrogen-bond donors (Lipinski definition) is 2. The van der Waals surface area contributed by atoms with Gasteiger partial charge in [0, 0.05) is 23.5 Å². The summed E-state index contributed by atoms with van der Waals surface area (Å²) in [4.78, 5) is 26.4. The second-order valence-corrected chi connectivity index (χ2v) is 5.24. The molecule has 0 saturated heterocycles.